The number of aromatic nitrogens is 1. The van der Waals surface area contributed by atoms with Gasteiger partial charge in [-0.1, -0.05) is 6.07 Å². The third-order valence-electron chi connectivity index (χ3n) is 2.39. The second-order valence-corrected chi connectivity index (χ2v) is 5.54. The predicted molar refractivity (Wildman–Crippen MR) is 76.1 cm³/mol. The lowest BCUT2D eigenvalue weighted by molar-refractivity contribution is 0.685. The molecule has 17 heavy (non-hydrogen) atoms. The molecule has 3 N–H and O–H groups in total. The molecule has 0 bridgehead atoms. The summed E-state index contributed by atoms with van der Waals surface area (Å²) < 4.78 is 0.948. The zero-order valence-corrected chi connectivity index (χ0v) is 11.7. The predicted octanol–water partition coefficient (Wildman–Crippen LogP) is 2.82. The first-order valence-electron chi connectivity index (χ1n) is 5.38. The van der Waals surface area contributed by atoms with Crippen LogP contribution in [0.2, 0.25) is 0 Å². The summed E-state index contributed by atoms with van der Waals surface area (Å²) in [7, 11) is 0. The first-order valence-corrected chi connectivity index (χ1v) is 7.06. The fraction of sp³-hybridized carbons (Fsp3) is 0.250. The maximum atomic E-state index is 5.82. The minimum atomic E-state index is 0.782. The molecule has 0 saturated heterocycles. The molecule has 3 nitrogen and oxygen atoms in total. The normalized spacial score (nSPS) is 10.6. The van der Waals surface area contributed by atoms with E-state index in [1.54, 1.807) is 11.3 Å². The van der Waals surface area contributed by atoms with Gasteiger partial charge in [0, 0.05) is 41.2 Å². The van der Waals surface area contributed by atoms with Crippen LogP contribution in [0, 0.1) is 0 Å². The summed E-state index contributed by atoms with van der Waals surface area (Å²) in [4.78, 5) is 4.24. The standard InChI is InChI=1S/C12H14BrN3S/c13-10-2-1-9(7-11(10)14)8-15-4-3-12-16-5-6-17-12/h1-2,5-7,15H,3-4,8,14H2. The van der Waals surface area contributed by atoms with Gasteiger partial charge >= 0.3 is 0 Å². The van der Waals surface area contributed by atoms with Crippen LogP contribution in [0.5, 0.6) is 0 Å². The van der Waals surface area contributed by atoms with Crippen molar-refractivity contribution in [2.45, 2.75) is 13.0 Å². The fourth-order valence-corrected chi connectivity index (χ4v) is 2.37. The SMILES string of the molecule is Nc1cc(CNCCc2nccs2)ccc1Br. The summed E-state index contributed by atoms with van der Waals surface area (Å²) in [6, 6.07) is 6.03. The molecule has 1 aromatic carbocycles. The van der Waals surface area contributed by atoms with Gasteiger partial charge in [0.1, 0.15) is 0 Å². The van der Waals surface area contributed by atoms with Crippen molar-refractivity contribution in [3.8, 4) is 0 Å². The monoisotopic (exact) mass is 311 g/mol. The number of anilines is 1. The minimum absolute atomic E-state index is 0.782. The van der Waals surface area contributed by atoms with Crippen LogP contribution < -0.4 is 11.1 Å². The summed E-state index contributed by atoms with van der Waals surface area (Å²) in [6.07, 6.45) is 2.82. The number of hydrogen-bond acceptors (Lipinski definition) is 4. The van der Waals surface area contributed by atoms with E-state index in [-0.39, 0.29) is 0 Å². The van der Waals surface area contributed by atoms with Crippen LogP contribution in [-0.2, 0) is 13.0 Å². The molecular formula is C12H14BrN3S. The van der Waals surface area contributed by atoms with Crippen molar-refractivity contribution >= 4 is 33.0 Å². The van der Waals surface area contributed by atoms with E-state index in [9.17, 15) is 0 Å². The molecule has 0 unspecified atom stereocenters. The van der Waals surface area contributed by atoms with Crippen LogP contribution in [0.4, 0.5) is 5.69 Å². The van der Waals surface area contributed by atoms with Gasteiger partial charge in [-0.2, -0.15) is 0 Å². The number of thiazole rings is 1. The van der Waals surface area contributed by atoms with Gasteiger partial charge in [0.25, 0.3) is 0 Å². The van der Waals surface area contributed by atoms with Crippen LogP contribution >= 0.6 is 27.3 Å². The fourth-order valence-electron chi connectivity index (χ4n) is 1.51. The Hall–Kier alpha value is -0.910. The molecule has 0 spiro atoms. The lowest BCUT2D eigenvalue weighted by atomic mass is 10.2. The van der Waals surface area contributed by atoms with Crippen molar-refractivity contribution in [3.63, 3.8) is 0 Å². The molecule has 0 fully saturated rings. The van der Waals surface area contributed by atoms with Crippen molar-refractivity contribution in [1.29, 1.82) is 0 Å². The van der Waals surface area contributed by atoms with Gasteiger partial charge < -0.3 is 11.1 Å². The lowest BCUT2D eigenvalue weighted by Gasteiger charge is -2.05. The van der Waals surface area contributed by atoms with Gasteiger partial charge in [0.05, 0.1) is 5.01 Å². The average molecular weight is 312 g/mol. The van der Waals surface area contributed by atoms with Crippen molar-refractivity contribution in [2.24, 2.45) is 0 Å². The highest BCUT2D eigenvalue weighted by Gasteiger charge is 1.99. The summed E-state index contributed by atoms with van der Waals surface area (Å²) in [5.74, 6) is 0. The number of halogens is 1. The minimum Gasteiger partial charge on any atom is -0.398 e. The molecule has 2 aromatic rings. The Morgan fingerprint density at radius 3 is 3.00 bits per heavy atom. The van der Waals surface area contributed by atoms with E-state index >= 15 is 0 Å². The highest BCUT2D eigenvalue weighted by Crippen LogP contribution is 2.19. The second kappa shape index (κ2) is 6.14. The van der Waals surface area contributed by atoms with Gasteiger partial charge in [-0.05, 0) is 33.6 Å². The van der Waals surface area contributed by atoms with E-state index in [1.165, 1.54) is 10.6 Å². The Morgan fingerprint density at radius 1 is 1.41 bits per heavy atom. The number of benzene rings is 1. The topological polar surface area (TPSA) is 50.9 Å². The van der Waals surface area contributed by atoms with Crippen LogP contribution in [0.15, 0.2) is 34.2 Å². The lowest BCUT2D eigenvalue weighted by Crippen LogP contribution is -2.16. The molecule has 5 heteroatoms. The maximum Gasteiger partial charge on any atom is 0.0937 e. The first-order chi connectivity index (χ1) is 8.25. The van der Waals surface area contributed by atoms with Gasteiger partial charge in [0.2, 0.25) is 0 Å². The van der Waals surface area contributed by atoms with Gasteiger partial charge in [-0.25, -0.2) is 4.98 Å². The first kappa shape index (κ1) is 12.5. The zero-order chi connectivity index (χ0) is 12.1. The van der Waals surface area contributed by atoms with Crippen LogP contribution in [0.3, 0.4) is 0 Å². The third kappa shape index (κ3) is 3.80. The highest BCUT2D eigenvalue weighted by atomic mass is 79.9. The van der Waals surface area contributed by atoms with Gasteiger partial charge in [-0.15, -0.1) is 11.3 Å². The van der Waals surface area contributed by atoms with E-state index in [0.29, 0.717) is 0 Å². The molecule has 0 amide bonds. The molecule has 2 rings (SSSR count). The molecule has 1 aromatic heterocycles. The molecule has 0 saturated carbocycles. The van der Waals surface area contributed by atoms with E-state index in [0.717, 1.165) is 29.7 Å². The molecule has 0 radical (unpaired) electrons. The van der Waals surface area contributed by atoms with E-state index in [4.69, 9.17) is 5.73 Å². The number of nitrogens with zero attached hydrogens (tertiary/aromatic N) is 1. The van der Waals surface area contributed by atoms with Gasteiger partial charge in [-0.3, -0.25) is 0 Å². The zero-order valence-electron chi connectivity index (χ0n) is 9.32. The Bertz CT molecular complexity index is 471. The van der Waals surface area contributed by atoms with Crippen LogP contribution in [0.1, 0.15) is 10.6 Å². The summed E-state index contributed by atoms with van der Waals surface area (Å²) in [6.45, 7) is 1.77. The number of rotatable bonds is 5. The van der Waals surface area contributed by atoms with Crippen molar-refractivity contribution in [1.82, 2.24) is 10.3 Å². The molecule has 0 aliphatic carbocycles. The molecule has 1 heterocycles. The van der Waals surface area contributed by atoms with E-state index in [1.807, 2.05) is 23.7 Å². The molecule has 0 aliphatic heterocycles. The smallest absolute Gasteiger partial charge is 0.0937 e. The summed E-state index contributed by atoms with van der Waals surface area (Å²) in [5.41, 5.74) is 7.80. The Balaban J connectivity index is 1.76. The van der Waals surface area contributed by atoms with Crippen molar-refractivity contribution < 1.29 is 0 Å². The van der Waals surface area contributed by atoms with E-state index < -0.39 is 0 Å². The van der Waals surface area contributed by atoms with Crippen LogP contribution in [-0.4, -0.2) is 11.5 Å². The largest absolute Gasteiger partial charge is 0.398 e. The van der Waals surface area contributed by atoms with Crippen molar-refractivity contribution in [2.75, 3.05) is 12.3 Å². The molecular weight excluding hydrogens is 298 g/mol. The quantitative estimate of drug-likeness (QED) is 0.659. The number of nitrogens with one attached hydrogen (secondary N) is 1. The Labute approximate surface area is 113 Å². The maximum absolute atomic E-state index is 5.82. The van der Waals surface area contributed by atoms with Crippen molar-refractivity contribution in [3.05, 3.63) is 44.8 Å². The molecule has 0 atom stereocenters. The van der Waals surface area contributed by atoms with Crippen LogP contribution in [0.25, 0.3) is 0 Å². The van der Waals surface area contributed by atoms with E-state index in [2.05, 4.69) is 32.3 Å². The Kier molecular flexibility index (Phi) is 4.53. The Morgan fingerprint density at radius 2 is 2.29 bits per heavy atom. The third-order valence-corrected chi connectivity index (χ3v) is 3.95. The summed E-state index contributed by atoms with van der Waals surface area (Å²) >= 11 is 5.08. The average Bonchev–Trinajstić information content (AvgIpc) is 2.82. The molecule has 90 valence electrons. The molecule has 0 aliphatic rings. The number of nitrogens with two attached hydrogens (primary N) is 1. The second-order valence-electron chi connectivity index (χ2n) is 3.71. The highest BCUT2D eigenvalue weighted by molar-refractivity contribution is 9.10. The van der Waals surface area contributed by atoms with Gasteiger partial charge in [0.15, 0.2) is 0 Å². The number of hydrogen-bond donors (Lipinski definition) is 2. The summed E-state index contributed by atoms with van der Waals surface area (Å²) in [5, 5.41) is 6.56. The number of nitrogen functional groups attached to an aromatic ring is 1.